The lowest BCUT2D eigenvalue weighted by atomic mass is 9.81. The van der Waals surface area contributed by atoms with Crippen LogP contribution in [0.4, 0.5) is 0 Å². The average Bonchev–Trinajstić information content (AvgIpc) is 2.63. The molecule has 24 heavy (non-hydrogen) atoms. The molecule has 0 radical (unpaired) electrons. The Bertz CT molecular complexity index is 568. The molecule has 132 valence electrons. The molecule has 5 nitrogen and oxygen atoms in total. The van der Waals surface area contributed by atoms with Crippen LogP contribution in [0.25, 0.3) is 0 Å². The number of nitrogens with two attached hydrogens (primary N) is 1. The van der Waals surface area contributed by atoms with Crippen LogP contribution in [0.2, 0.25) is 0 Å². The third kappa shape index (κ3) is 3.81. The van der Waals surface area contributed by atoms with Crippen molar-refractivity contribution in [2.24, 2.45) is 11.1 Å². The van der Waals surface area contributed by atoms with Gasteiger partial charge in [0.1, 0.15) is 0 Å². The molecule has 6 heteroatoms. The Morgan fingerprint density at radius 1 is 1.04 bits per heavy atom. The monoisotopic (exact) mass is 395 g/mol. The van der Waals surface area contributed by atoms with E-state index in [1.54, 1.807) is 0 Å². The van der Waals surface area contributed by atoms with Gasteiger partial charge in [-0.15, -0.1) is 0 Å². The number of benzene rings is 1. The molecule has 1 aliphatic heterocycles. The molecule has 1 saturated heterocycles. The first kappa shape index (κ1) is 18.9. The van der Waals surface area contributed by atoms with Gasteiger partial charge in [-0.1, -0.05) is 29.8 Å². The minimum absolute atomic E-state index is 0.0191. The van der Waals surface area contributed by atoms with Crippen molar-refractivity contribution in [2.45, 2.75) is 26.7 Å². The molecule has 1 fully saturated rings. The quantitative estimate of drug-likeness (QED) is 0.832. The van der Waals surface area contributed by atoms with E-state index in [0.29, 0.717) is 38.3 Å². The lowest BCUT2D eigenvalue weighted by Gasteiger charge is -2.40. The summed E-state index contributed by atoms with van der Waals surface area (Å²) in [5, 5.41) is 0. The molecule has 2 N–H and O–H groups in total. The van der Waals surface area contributed by atoms with Crippen LogP contribution in [0.15, 0.2) is 28.7 Å². The van der Waals surface area contributed by atoms with E-state index >= 15 is 0 Å². The normalized spacial score (nSPS) is 15.5. The Balaban J connectivity index is 1.99. The maximum absolute atomic E-state index is 12.8. The van der Waals surface area contributed by atoms with Crippen molar-refractivity contribution in [1.82, 2.24) is 9.80 Å². The van der Waals surface area contributed by atoms with Crippen LogP contribution < -0.4 is 5.73 Å². The number of amides is 2. The predicted molar refractivity (Wildman–Crippen MR) is 98.7 cm³/mol. The highest BCUT2D eigenvalue weighted by Gasteiger charge is 2.38. The average molecular weight is 396 g/mol. The standard InChI is InChI=1S/C18H26BrN3O2/c1-3-18(4-2,13-20)17(24)22-11-9-21(10-12-22)16(23)14-5-7-15(19)8-6-14/h5-8H,3-4,9-13,20H2,1-2H3. The van der Waals surface area contributed by atoms with Crippen LogP contribution in [0.5, 0.6) is 0 Å². The zero-order valence-corrected chi connectivity index (χ0v) is 16.0. The SMILES string of the molecule is CCC(CC)(CN)C(=O)N1CCN(C(=O)c2ccc(Br)cc2)CC1. The first-order valence-corrected chi connectivity index (χ1v) is 9.31. The Hall–Kier alpha value is -1.40. The third-order valence-electron chi connectivity index (χ3n) is 5.14. The Kier molecular flexibility index (Phi) is 6.40. The van der Waals surface area contributed by atoms with Crippen molar-refractivity contribution in [3.8, 4) is 0 Å². The summed E-state index contributed by atoms with van der Waals surface area (Å²) in [5.41, 5.74) is 6.10. The van der Waals surface area contributed by atoms with Crippen LogP contribution >= 0.6 is 15.9 Å². The van der Waals surface area contributed by atoms with E-state index in [1.807, 2.05) is 47.9 Å². The number of carbonyl (C=O) groups is 2. The molecule has 1 aliphatic rings. The van der Waals surface area contributed by atoms with Gasteiger partial charge in [0.2, 0.25) is 5.91 Å². The highest BCUT2D eigenvalue weighted by atomic mass is 79.9. The van der Waals surface area contributed by atoms with Crippen molar-refractivity contribution in [1.29, 1.82) is 0 Å². The van der Waals surface area contributed by atoms with Gasteiger partial charge in [0.05, 0.1) is 5.41 Å². The minimum Gasteiger partial charge on any atom is -0.339 e. The molecular formula is C18H26BrN3O2. The van der Waals surface area contributed by atoms with Gasteiger partial charge < -0.3 is 15.5 Å². The molecule has 0 atom stereocenters. The molecule has 0 aromatic heterocycles. The van der Waals surface area contributed by atoms with Gasteiger partial charge in [-0.2, -0.15) is 0 Å². The van der Waals surface area contributed by atoms with Crippen molar-refractivity contribution in [3.05, 3.63) is 34.3 Å². The van der Waals surface area contributed by atoms with E-state index in [0.717, 1.165) is 17.3 Å². The molecule has 0 saturated carbocycles. The third-order valence-corrected chi connectivity index (χ3v) is 5.67. The van der Waals surface area contributed by atoms with E-state index in [9.17, 15) is 9.59 Å². The lowest BCUT2D eigenvalue weighted by molar-refractivity contribution is -0.143. The molecule has 2 amide bonds. The zero-order chi connectivity index (χ0) is 17.7. The van der Waals surface area contributed by atoms with Crippen LogP contribution in [-0.2, 0) is 4.79 Å². The molecule has 0 spiro atoms. The van der Waals surface area contributed by atoms with Crippen LogP contribution in [0.1, 0.15) is 37.0 Å². The van der Waals surface area contributed by atoms with Crippen molar-refractivity contribution in [2.75, 3.05) is 32.7 Å². The molecular weight excluding hydrogens is 370 g/mol. The summed E-state index contributed by atoms with van der Waals surface area (Å²) in [4.78, 5) is 29.1. The lowest BCUT2D eigenvalue weighted by Crippen LogP contribution is -2.55. The largest absolute Gasteiger partial charge is 0.339 e. The molecule has 1 aromatic rings. The molecule has 1 aromatic carbocycles. The zero-order valence-electron chi connectivity index (χ0n) is 14.4. The molecule has 0 aliphatic carbocycles. The summed E-state index contributed by atoms with van der Waals surface area (Å²) in [5.74, 6) is 0.149. The number of nitrogens with zero attached hydrogens (tertiary/aromatic N) is 2. The summed E-state index contributed by atoms with van der Waals surface area (Å²) in [6.45, 7) is 6.68. The van der Waals surface area contributed by atoms with Crippen LogP contribution in [0, 0.1) is 5.41 Å². The smallest absolute Gasteiger partial charge is 0.253 e. The second-order valence-corrected chi connectivity index (χ2v) is 7.20. The van der Waals surface area contributed by atoms with Crippen molar-refractivity contribution < 1.29 is 9.59 Å². The number of hydrogen-bond donors (Lipinski definition) is 1. The van der Waals surface area contributed by atoms with Gasteiger partial charge >= 0.3 is 0 Å². The molecule has 0 bridgehead atoms. The van der Waals surface area contributed by atoms with Gasteiger partial charge in [-0.25, -0.2) is 0 Å². The van der Waals surface area contributed by atoms with Crippen molar-refractivity contribution >= 4 is 27.7 Å². The fourth-order valence-corrected chi connectivity index (χ4v) is 3.42. The minimum atomic E-state index is -0.460. The maximum Gasteiger partial charge on any atom is 0.253 e. The van der Waals surface area contributed by atoms with E-state index < -0.39 is 5.41 Å². The van der Waals surface area contributed by atoms with Crippen molar-refractivity contribution in [3.63, 3.8) is 0 Å². The summed E-state index contributed by atoms with van der Waals surface area (Å²) in [6.07, 6.45) is 1.49. The van der Waals surface area contributed by atoms with Gasteiger partial charge in [-0.3, -0.25) is 9.59 Å². The molecule has 2 rings (SSSR count). The number of hydrogen-bond acceptors (Lipinski definition) is 3. The summed E-state index contributed by atoms with van der Waals surface area (Å²) < 4.78 is 0.951. The van der Waals surface area contributed by atoms with Gasteiger partial charge in [-0.05, 0) is 37.1 Å². The number of piperazine rings is 1. The van der Waals surface area contributed by atoms with Gasteiger partial charge in [0.25, 0.3) is 5.91 Å². The Morgan fingerprint density at radius 3 is 2.00 bits per heavy atom. The van der Waals surface area contributed by atoms with Gasteiger partial charge in [0.15, 0.2) is 0 Å². The van der Waals surface area contributed by atoms with E-state index in [1.165, 1.54) is 0 Å². The summed E-state index contributed by atoms with van der Waals surface area (Å²) in [7, 11) is 0. The molecule has 0 unspecified atom stereocenters. The highest BCUT2D eigenvalue weighted by Crippen LogP contribution is 2.28. The second kappa shape index (κ2) is 8.12. The highest BCUT2D eigenvalue weighted by molar-refractivity contribution is 9.10. The van der Waals surface area contributed by atoms with Crippen LogP contribution in [-0.4, -0.2) is 54.3 Å². The van der Waals surface area contributed by atoms with E-state index in [-0.39, 0.29) is 11.8 Å². The Labute approximate surface area is 152 Å². The van der Waals surface area contributed by atoms with Crippen LogP contribution in [0.3, 0.4) is 0 Å². The Morgan fingerprint density at radius 2 is 1.54 bits per heavy atom. The molecule has 1 heterocycles. The topological polar surface area (TPSA) is 66.6 Å². The first-order chi connectivity index (χ1) is 11.5. The number of rotatable bonds is 5. The number of halogens is 1. The predicted octanol–water partition coefficient (Wildman–Crippen LogP) is 2.50. The van der Waals surface area contributed by atoms with E-state index in [2.05, 4.69) is 15.9 Å². The van der Waals surface area contributed by atoms with Gasteiger partial charge in [0, 0.05) is 42.8 Å². The van der Waals surface area contributed by atoms with E-state index in [4.69, 9.17) is 5.73 Å². The second-order valence-electron chi connectivity index (χ2n) is 6.28. The first-order valence-electron chi connectivity index (χ1n) is 8.51. The maximum atomic E-state index is 12.8. The number of carbonyl (C=O) groups excluding carboxylic acids is 2. The summed E-state index contributed by atoms with van der Waals surface area (Å²) in [6, 6.07) is 7.37. The summed E-state index contributed by atoms with van der Waals surface area (Å²) >= 11 is 3.37. The fourth-order valence-electron chi connectivity index (χ4n) is 3.15. The fraction of sp³-hybridized carbons (Fsp3) is 0.556.